The SMILES string of the molecule is O=C(Nc1cccc([C@H]2CNCCO2)c1)c1cccc(Cl)c1. The lowest BCUT2D eigenvalue weighted by molar-refractivity contribution is 0.0277. The lowest BCUT2D eigenvalue weighted by atomic mass is 10.1. The molecule has 2 aromatic rings. The van der Waals surface area contributed by atoms with Gasteiger partial charge in [0.05, 0.1) is 12.7 Å². The highest BCUT2D eigenvalue weighted by Gasteiger charge is 2.16. The third-order valence-corrected chi connectivity index (χ3v) is 3.77. The number of halogens is 1. The molecular formula is C17H17ClN2O2. The van der Waals surface area contributed by atoms with Crippen LogP contribution in [0.25, 0.3) is 0 Å². The van der Waals surface area contributed by atoms with E-state index in [4.69, 9.17) is 16.3 Å². The van der Waals surface area contributed by atoms with Crippen molar-refractivity contribution in [3.05, 3.63) is 64.7 Å². The molecular weight excluding hydrogens is 300 g/mol. The number of nitrogens with one attached hydrogen (secondary N) is 2. The van der Waals surface area contributed by atoms with Gasteiger partial charge in [0.15, 0.2) is 0 Å². The van der Waals surface area contributed by atoms with Gasteiger partial charge in [-0.1, -0.05) is 29.8 Å². The van der Waals surface area contributed by atoms with Gasteiger partial charge >= 0.3 is 0 Å². The minimum atomic E-state index is -0.178. The largest absolute Gasteiger partial charge is 0.371 e. The minimum absolute atomic E-state index is 0.0248. The molecule has 4 nitrogen and oxygen atoms in total. The van der Waals surface area contributed by atoms with E-state index in [-0.39, 0.29) is 12.0 Å². The number of carbonyl (C=O) groups is 1. The summed E-state index contributed by atoms with van der Waals surface area (Å²) in [6, 6.07) is 14.6. The van der Waals surface area contributed by atoms with E-state index in [2.05, 4.69) is 10.6 Å². The summed E-state index contributed by atoms with van der Waals surface area (Å²) in [5, 5.41) is 6.73. The Balaban J connectivity index is 1.73. The highest BCUT2D eigenvalue weighted by Crippen LogP contribution is 2.22. The smallest absolute Gasteiger partial charge is 0.255 e. The van der Waals surface area contributed by atoms with Gasteiger partial charge in [-0.3, -0.25) is 4.79 Å². The Bertz CT molecular complexity index is 669. The van der Waals surface area contributed by atoms with Crippen molar-refractivity contribution in [2.45, 2.75) is 6.10 Å². The first-order chi connectivity index (χ1) is 10.7. The predicted octanol–water partition coefficient (Wildman–Crippen LogP) is 3.25. The summed E-state index contributed by atoms with van der Waals surface area (Å²) in [6.45, 7) is 2.36. The van der Waals surface area contributed by atoms with E-state index in [1.165, 1.54) is 0 Å². The molecule has 1 aliphatic heterocycles. The van der Waals surface area contributed by atoms with Gasteiger partial charge in [0.25, 0.3) is 5.91 Å². The highest BCUT2D eigenvalue weighted by atomic mass is 35.5. The molecule has 1 atom stereocenters. The number of carbonyl (C=O) groups excluding carboxylic acids is 1. The van der Waals surface area contributed by atoms with Crippen LogP contribution in [0.15, 0.2) is 48.5 Å². The van der Waals surface area contributed by atoms with Crippen molar-refractivity contribution in [1.82, 2.24) is 5.32 Å². The number of benzene rings is 2. The van der Waals surface area contributed by atoms with E-state index in [1.54, 1.807) is 24.3 Å². The van der Waals surface area contributed by atoms with Gasteiger partial charge in [-0.15, -0.1) is 0 Å². The summed E-state index contributed by atoms with van der Waals surface area (Å²) in [5.41, 5.74) is 2.33. The van der Waals surface area contributed by atoms with Crippen molar-refractivity contribution < 1.29 is 9.53 Å². The van der Waals surface area contributed by atoms with E-state index >= 15 is 0 Å². The highest BCUT2D eigenvalue weighted by molar-refractivity contribution is 6.31. The zero-order valence-electron chi connectivity index (χ0n) is 12.0. The first-order valence-corrected chi connectivity index (χ1v) is 7.59. The van der Waals surface area contributed by atoms with Crippen molar-refractivity contribution in [3.63, 3.8) is 0 Å². The van der Waals surface area contributed by atoms with Crippen molar-refractivity contribution in [1.29, 1.82) is 0 Å². The molecule has 0 spiro atoms. The molecule has 2 N–H and O–H groups in total. The number of anilines is 1. The second-order valence-electron chi connectivity index (χ2n) is 5.15. The molecule has 114 valence electrons. The quantitative estimate of drug-likeness (QED) is 0.914. The van der Waals surface area contributed by atoms with Crippen molar-refractivity contribution >= 4 is 23.2 Å². The standard InChI is InChI=1S/C17H17ClN2O2/c18-14-5-1-4-13(9-14)17(21)20-15-6-2-3-12(10-15)16-11-19-7-8-22-16/h1-6,9-10,16,19H,7-8,11H2,(H,20,21)/t16-/m1/s1. The molecule has 1 heterocycles. The summed E-state index contributed by atoms with van der Waals surface area (Å²) in [5.74, 6) is -0.178. The van der Waals surface area contributed by atoms with Gasteiger partial charge in [-0.25, -0.2) is 0 Å². The fourth-order valence-electron chi connectivity index (χ4n) is 2.43. The Morgan fingerprint density at radius 3 is 2.86 bits per heavy atom. The summed E-state index contributed by atoms with van der Waals surface area (Å²) >= 11 is 5.92. The van der Waals surface area contributed by atoms with Gasteiger partial charge in [0.2, 0.25) is 0 Å². The third-order valence-electron chi connectivity index (χ3n) is 3.53. The number of ether oxygens (including phenoxy) is 1. The first kappa shape index (κ1) is 15.0. The fourth-order valence-corrected chi connectivity index (χ4v) is 2.62. The van der Waals surface area contributed by atoms with E-state index in [9.17, 15) is 4.79 Å². The lowest BCUT2D eigenvalue weighted by Crippen LogP contribution is -2.33. The van der Waals surface area contributed by atoms with Gasteiger partial charge in [-0.05, 0) is 35.9 Å². The normalized spacial score (nSPS) is 18.0. The molecule has 0 bridgehead atoms. The molecule has 5 heteroatoms. The molecule has 0 aliphatic carbocycles. The van der Waals surface area contributed by atoms with E-state index < -0.39 is 0 Å². The van der Waals surface area contributed by atoms with Crippen LogP contribution in [0.1, 0.15) is 22.0 Å². The number of amides is 1. The van der Waals surface area contributed by atoms with Crippen LogP contribution >= 0.6 is 11.6 Å². The number of hydrogen-bond acceptors (Lipinski definition) is 3. The minimum Gasteiger partial charge on any atom is -0.371 e. The zero-order valence-corrected chi connectivity index (χ0v) is 12.8. The Morgan fingerprint density at radius 1 is 1.23 bits per heavy atom. The van der Waals surface area contributed by atoms with Crippen LogP contribution in [0.2, 0.25) is 5.02 Å². The predicted molar refractivity (Wildman–Crippen MR) is 87.4 cm³/mol. The van der Waals surface area contributed by atoms with Crippen molar-refractivity contribution in [2.75, 3.05) is 25.0 Å². The molecule has 22 heavy (non-hydrogen) atoms. The summed E-state index contributed by atoms with van der Waals surface area (Å²) in [6.07, 6.45) is 0.0248. The Hall–Kier alpha value is -1.88. The van der Waals surface area contributed by atoms with E-state index in [1.807, 2.05) is 24.3 Å². The van der Waals surface area contributed by atoms with E-state index in [0.29, 0.717) is 17.2 Å². The molecule has 1 aliphatic rings. The topological polar surface area (TPSA) is 50.4 Å². The molecule has 0 radical (unpaired) electrons. The average molecular weight is 317 g/mol. The maximum atomic E-state index is 12.2. The van der Waals surface area contributed by atoms with Crippen molar-refractivity contribution in [3.8, 4) is 0 Å². The Labute approximate surface area is 134 Å². The molecule has 2 aromatic carbocycles. The Kier molecular flexibility index (Phi) is 4.73. The van der Waals surface area contributed by atoms with Gasteiger partial charge in [0, 0.05) is 29.4 Å². The average Bonchev–Trinajstić information content (AvgIpc) is 2.56. The monoisotopic (exact) mass is 316 g/mol. The van der Waals surface area contributed by atoms with Crippen LogP contribution in [0.3, 0.4) is 0 Å². The second kappa shape index (κ2) is 6.92. The number of hydrogen-bond donors (Lipinski definition) is 2. The maximum Gasteiger partial charge on any atom is 0.255 e. The molecule has 0 aromatic heterocycles. The maximum absolute atomic E-state index is 12.2. The summed E-state index contributed by atoms with van der Waals surface area (Å²) < 4.78 is 5.73. The molecule has 1 fully saturated rings. The zero-order chi connectivity index (χ0) is 15.4. The summed E-state index contributed by atoms with van der Waals surface area (Å²) in [7, 11) is 0. The Morgan fingerprint density at radius 2 is 2.09 bits per heavy atom. The van der Waals surface area contributed by atoms with Crippen LogP contribution in [0.5, 0.6) is 0 Å². The molecule has 1 saturated heterocycles. The summed E-state index contributed by atoms with van der Waals surface area (Å²) in [4.78, 5) is 12.2. The molecule has 1 amide bonds. The lowest BCUT2D eigenvalue weighted by Gasteiger charge is -2.24. The fraction of sp³-hybridized carbons (Fsp3) is 0.235. The van der Waals surface area contributed by atoms with Crippen LogP contribution in [0.4, 0.5) is 5.69 Å². The van der Waals surface area contributed by atoms with Crippen LogP contribution < -0.4 is 10.6 Å². The van der Waals surface area contributed by atoms with Crippen LogP contribution in [-0.2, 0) is 4.74 Å². The van der Waals surface area contributed by atoms with Gasteiger partial charge < -0.3 is 15.4 Å². The van der Waals surface area contributed by atoms with Gasteiger partial charge in [0.1, 0.15) is 0 Å². The molecule has 0 saturated carbocycles. The van der Waals surface area contributed by atoms with Crippen LogP contribution in [0, 0.1) is 0 Å². The number of rotatable bonds is 3. The first-order valence-electron chi connectivity index (χ1n) is 7.21. The van der Waals surface area contributed by atoms with Gasteiger partial charge in [-0.2, -0.15) is 0 Å². The number of morpholine rings is 1. The third kappa shape index (κ3) is 3.65. The van der Waals surface area contributed by atoms with Crippen molar-refractivity contribution in [2.24, 2.45) is 0 Å². The molecule has 3 rings (SSSR count). The molecule has 0 unspecified atom stereocenters. The van der Waals surface area contributed by atoms with E-state index in [0.717, 1.165) is 24.3 Å². The second-order valence-corrected chi connectivity index (χ2v) is 5.59. The van der Waals surface area contributed by atoms with Crippen LogP contribution in [-0.4, -0.2) is 25.6 Å².